The van der Waals surface area contributed by atoms with Crippen LogP contribution in [0.3, 0.4) is 0 Å². The molecule has 5 nitrogen and oxygen atoms in total. The average molecular weight is 268 g/mol. The molecular formula is C15H16N4O. The highest BCUT2D eigenvalue weighted by atomic mass is 16.2. The van der Waals surface area contributed by atoms with Crippen molar-refractivity contribution in [1.29, 1.82) is 5.26 Å². The summed E-state index contributed by atoms with van der Waals surface area (Å²) in [7, 11) is 0. The molecule has 0 saturated heterocycles. The van der Waals surface area contributed by atoms with Gasteiger partial charge in [-0.15, -0.1) is 0 Å². The molecular weight excluding hydrogens is 252 g/mol. The van der Waals surface area contributed by atoms with E-state index in [1.165, 1.54) is 11.1 Å². The Balaban J connectivity index is 2.20. The Morgan fingerprint density at radius 2 is 2.15 bits per heavy atom. The smallest absolute Gasteiger partial charge is 0.257 e. The summed E-state index contributed by atoms with van der Waals surface area (Å²) in [5.74, 6) is -0.157. The Morgan fingerprint density at radius 3 is 2.80 bits per heavy atom. The predicted molar refractivity (Wildman–Crippen MR) is 75.4 cm³/mol. The normalized spacial score (nSPS) is 10.0. The van der Waals surface area contributed by atoms with Crippen LogP contribution >= 0.6 is 0 Å². The van der Waals surface area contributed by atoms with Crippen molar-refractivity contribution in [2.45, 2.75) is 13.3 Å². The number of para-hydroxylation sites is 1. The fourth-order valence-electron chi connectivity index (χ4n) is 1.95. The van der Waals surface area contributed by atoms with Gasteiger partial charge in [-0.3, -0.25) is 4.79 Å². The van der Waals surface area contributed by atoms with Crippen LogP contribution < -0.4 is 0 Å². The SMILES string of the molecule is CCCN(CC#N)C(=O)c1cnn(-c2ccccc2)c1. The number of hydrogen-bond donors (Lipinski definition) is 0. The number of amides is 1. The van der Waals surface area contributed by atoms with Crippen LogP contribution in [0.25, 0.3) is 5.69 Å². The van der Waals surface area contributed by atoms with Crippen molar-refractivity contribution in [1.82, 2.24) is 14.7 Å². The number of nitriles is 1. The summed E-state index contributed by atoms with van der Waals surface area (Å²) < 4.78 is 1.66. The first kappa shape index (κ1) is 13.8. The second-order valence-electron chi connectivity index (χ2n) is 4.39. The van der Waals surface area contributed by atoms with E-state index < -0.39 is 0 Å². The number of carbonyl (C=O) groups is 1. The van der Waals surface area contributed by atoms with Crippen LogP contribution in [0.2, 0.25) is 0 Å². The van der Waals surface area contributed by atoms with Crippen molar-refractivity contribution in [2.24, 2.45) is 0 Å². The summed E-state index contributed by atoms with van der Waals surface area (Å²) in [6.45, 7) is 2.65. The first-order chi connectivity index (χ1) is 9.76. The molecule has 0 unspecified atom stereocenters. The van der Waals surface area contributed by atoms with E-state index in [1.807, 2.05) is 43.3 Å². The van der Waals surface area contributed by atoms with Gasteiger partial charge in [0.25, 0.3) is 5.91 Å². The van der Waals surface area contributed by atoms with Crippen molar-refractivity contribution < 1.29 is 4.79 Å². The molecule has 0 bridgehead atoms. The lowest BCUT2D eigenvalue weighted by molar-refractivity contribution is 0.0776. The molecule has 0 aliphatic heterocycles. The Labute approximate surface area is 118 Å². The fourth-order valence-corrected chi connectivity index (χ4v) is 1.95. The Morgan fingerprint density at radius 1 is 1.40 bits per heavy atom. The molecule has 0 saturated carbocycles. The molecule has 1 heterocycles. The molecule has 1 amide bonds. The molecule has 0 radical (unpaired) electrons. The number of nitrogens with zero attached hydrogens (tertiary/aromatic N) is 4. The zero-order valence-electron chi connectivity index (χ0n) is 11.4. The molecule has 1 aromatic heterocycles. The minimum Gasteiger partial charge on any atom is -0.325 e. The summed E-state index contributed by atoms with van der Waals surface area (Å²) in [4.78, 5) is 13.8. The molecule has 2 rings (SSSR count). The minimum absolute atomic E-state index is 0.100. The van der Waals surface area contributed by atoms with E-state index in [9.17, 15) is 4.79 Å². The van der Waals surface area contributed by atoms with Crippen LogP contribution in [0.15, 0.2) is 42.7 Å². The van der Waals surface area contributed by atoms with Crippen molar-refractivity contribution in [3.8, 4) is 11.8 Å². The largest absolute Gasteiger partial charge is 0.325 e. The summed E-state index contributed by atoms with van der Waals surface area (Å²) in [6, 6.07) is 11.6. The van der Waals surface area contributed by atoms with Gasteiger partial charge in [-0.1, -0.05) is 25.1 Å². The molecule has 2 aromatic rings. The van der Waals surface area contributed by atoms with Crippen LogP contribution in [0.1, 0.15) is 23.7 Å². The average Bonchev–Trinajstić information content (AvgIpc) is 2.97. The lowest BCUT2D eigenvalue weighted by Crippen LogP contribution is -2.31. The molecule has 0 aliphatic carbocycles. The topological polar surface area (TPSA) is 61.9 Å². The van der Waals surface area contributed by atoms with Gasteiger partial charge < -0.3 is 4.90 Å². The third-order valence-electron chi connectivity index (χ3n) is 2.89. The van der Waals surface area contributed by atoms with Crippen molar-refractivity contribution in [2.75, 3.05) is 13.1 Å². The zero-order valence-corrected chi connectivity index (χ0v) is 11.4. The van der Waals surface area contributed by atoms with Gasteiger partial charge in [-0.25, -0.2) is 4.68 Å². The second kappa shape index (κ2) is 6.53. The van der Waals surface area contributed by atoms with Gasteiger partial charge in [0.15, 0.2) is 0 Å². The molecule has 0 N–H and O–H groups in total. The maximum atomic E-state index is 12.3. The van der Waals surface area contributed by atoms with Crippen LogP contribution in [-0.4, -0.2) is 33.7 Å². The molecule has 5 heteroatoms. The number of hydrogen-bond acceptors (Lipinski definition) is 3. The minimum atomic E-state index is -0.157. The van der Waals surface area contributed by atoms with Crippen molar-refractivity contribution in [3.05, 3.63) is 48.3 Å². The summed E-state index contributed by atoms with van der Waals surface area (Å²) in [5.41, 5.74) is 1.39. The van der Waals surface area contributed by atoms with Gasteiger partial charge in [0.2, 0.25) is 0 Å². The van der Waals surface area contributed by atoms with Gasteiger partial charge >= 0.3 is 0 Å². The Bertz CT molecular complexity index is 612. The van der Waals surface area contributed by atoms with E-state index >= 15 is 0 Å². The Hall–Kier alpha value is -2.61. The molecule has 1 aromatic carbocycles. The van der Waals surface area contributed by atoms with Crippen LogP contribution in [0.4, 0.5) is 0 Å². The first-order valence-corrected chi connectivity index (χ1v) is 6.52. The highest BCUT2D eigenvalue weighted by Crippen LogP contribution is 2.10. The van der Waals surface area contributed by atoms with Crippen LogP contribution in [0.5, 0.6) is 0 Å². The monoisotopic (exact) mass is 268 g/mol. The highest BCUT2D eigenvalue weighted by molar-refractivity contribution is 5.94. The molecule has 102 valence electrons. The third-order valence-corrected chi connectivity index (χ3v) is 2.89. The van der Waals surface area contributed by atoms with E-state index in [-0.39, 0.29) is 12.5 Å². The summed E-state index contributed by atoms with van der Waals surface area (Å²) in [6.07, 6.45) is 4.05. The number of aromatic nitrogens is 2. The Kier molecular flexibility index (Phi) is 4.51. The number of rotatable bonds is 5. The number of benzene rings is 1. The third kappa shape index (κ3) is 3.04. The predicted octanol–water partition coefficient (Wildman–Crippen LogP) is 2.25. The van der Waals surface area contributed by atoms with E-state index in [0.717, 1.165) is 12.1 Å². The first-order valence-electron chi connectivity index (χ1n) is 6.52. The van der Waals surface area contributed by atoms with Gasteiger partial charge in [-0.05, 0) is 18.6 Å². The highest BCUT2D eigenvalue weighted by Gasteiger charge is 2.16. The van der Waals surface area contributed by atoms with Crippen LogP contribution in [0, 0.1) is 11.3 Å². The maximum Gasteiger partial charge on any atom is 0.257 e. The van der Waals surface area contributed by atoms with E-state index in [2.05, 4.69) is 5.10 Å². The van der Waals surface area contributed by atoms with E-state index in [4.69, 9.17) is 5.26 Å². The van der Waals surface area contributed by atoms with Crippen molar-refractivity contribution >= 4 is 5.91 Å². The molecule has 0 aliphatic rings. The van der Waals surface area contributed by atoms with Crippen molar-refractivity contribution in [3.63, 3.8) is 0 Å². The quantitative estimate of drug-likeness (QED) is 0.781. The lowest BCUT2D eigenvalue weighted by Gasteiger charge is -2.17. The molecule has 20 heavy (non-hydrogen) atoms. The molecule has 0 fully saturated rings. The standard InChI is InChI=1S/C15H16N4O/c1-2-9-18(10-8-16)15(20)13-11-17-19(12-13)14-6-4-3-5-7-14/h3-7,11-12H,2,9-10H2,1H3. The van der Waals surface area contributed by atoms with Gasteiger partial charge in [0.1, 0.15) is 6.54 Å². The maximum absolute atomic E-state index is 12.3. The zero-order chi connectivity index (χ0) is 14.4. The second-order valence-corrected chi connectivity index (χ2v) is 4.39. The van der Waals surface area contributed by atoms with Gasteiger partial charge in [-0.2, -0.15) is 10.4 Å². The molecule has 0 spiro atoms. The summed E-state index contributed by atoms with van der Waals surface area (Å²) in [5, 5.41) is 13.0. The molecule has 0 atom stereocenters. The lowest BCUT2D eigenvalue weighted by atomic mass is 10.3. The van der Waals surface area contributed by atoms with Gasteiger partial charge in [0.05, 0.1) is 23.5 Å². The van der Waals surface area contributed by atoms with Crippen LogP contribution in [-0.2, 0) is 0 Å². The van der Waals surface area contributed by atoms with E-state index in [1.54, 1.807) is 10.9 Å². The fraction of sp³-hybridized carbons (Fsp3) is 0.267. The summed E-state index contributed by atoms with van der Waals surface area (Å²) >= 11 is 0. The number of carbonyl (C=O) groups excluding carboxylic acids is 1. The van der Waals surface area contributed by atoms with Gasteiger partial charge in [0, 0.05) is 12.7 Å². The van der Waals surface area contributed by atoms with E-state index in [0.29, 0.717) is 12.1 Å².